The topological polar surface area (TPSA) is 63.8 Å². The predicted octanol–water partition coefficient (Wildman–Crippen LogP) is 3.19. The Kier molecular flexibility index (Phi) is 3.83. The molecule has 2 aromatic heterocycles. The number of aryl methyl sites for hydroxylation is 3. The molecule has 2 aromatic rings. The molecule has 0 amide bonds. The van der Waals surface area contributed by atoms with Gasteiger partial charge in [0.15, 0.2) is 5.82 Å². The number of hydrogen-bond acceptors (Lipinski definition) is 5. The van der Waals surface area contributed by atoms with Crippen molar-refractivity contribution in [2.45, 2.75) is 41.0 Å². The minimum Gasteiger partial charge on any atom is -0.370 e. The van der Waals surface area contributed by atoms with Crippen LogP contribution in [-0.2, 0) is 0 Å². The quantitative estimate of drug-likeness (QED) is 0.914. The Morgan fingerprint density at radius 1 is 1.05 bits per heavy atom. The van der Waals surface area contributed by atoms with Crippen molar-refractivity contribution in [3.05, 3.63) is 22.7 Å². The molecule has 0 bridgehead atoms. The fourth-order valence-corrected chi connectivity index (χ4v) is 1.96. The van der Waals surface area contributed by atoms with Crippen molar-refractivity contribution in [3.8, 4) is 11.4 Å². The van der Waals surface area contributed by atoms with Gasteiger partial charge in [0.2, 0.25) is 0 Å². The van der Waals surface area contributed by atoms with E-state index < -0.39 is 0 Å². The third kappa shape index (κ3) is 2.59. The highest BCUT2D eigenvalue weighted by Gasteiger charge is 2.17. The van der Waals surface area contributed by atoms with Gasteiger partial charge in [-0.3, -0.25) is 0 Å². The minimum atomic E-state index is 0.679. The van der Waals surface area contributed by atoms with E-state index in [0.29, 0.717) is 5.82 Å². The summed E-state index contributed by atoms with van der Waals surface area (Å²) in [6.07, 6.45) is 1.06. The number of rotatable bonds is 4. The monoisotopic (exact) mass is 260 g/mol. The molecule has 19 heavy (non-hydrogen) atoms. The molecular formula is C14H20N4O. The number of nitrogens with one attached hydrogen (secondary N) is 1. The van der Waals surface area contributed by atoms with E-state index in [0.717, 1.165) is 47.1 Å². The maximum absolute atomic E-state index is 5.19. The highest BCUT2D eigenvalue weighted by atomic mass is 16.5. The Bertz CT molecular complexity index is 570. The van der Waals surface area contributed by atoms with E-state index in [4.69, 9.17) is 4.52 Å². The van der Waals surface area contributed by atoms with Crippen LogP contribution in [0.2, 0.25) is 0 Å². The molecule has 5 nitrogen and oxygen atoms in total. The second-order valence-electron chi connectivity index (χ2n) is 4.73. The van der Waals surface area contributed by atoms with E-state index in [9.17, 15) is 0 Å². The van der Waals surface area contributed by atoms with Crippen LogP contribution in [0.15, 0.2) is 4.52 Å². The molecular weight excluding hydrogens is 240 g/mol. The fourth-order valence-electron chi connectivity index (χ4n) is 1.96. The van der Waals surface area contributed by atoms with Crippen molar-refractivity contribution in [1.82, 2.24) is 15.1 Å². The Hall–Kier alpha value is -1.91. The molecule has 0 aliphatic rings. The van der Waals surface area contributed by atoms with Crippen molar-refractivity contribution in [2.75, 3.05) is 11.9 Å². The van der Waals surface area contributed by atoms with Crippen LogP contribution < -0.4 is 5.32 Å². The largest absolute Gasteiger partial charge is 0.370 e. The van der Waals surface area contributed by atoms with Gasteiger partial charge in [-0.1, -0.05) is 12.1 Å². The molecule has 0 saturated carbocycles. The highest BCUT2D eigenvalue weighted by molar-refractivity contribution is 5.63. The standard InChI is InChI=1S/C14H20N4O/c1-6-7-15-13-8(2)9(3)16-14(17-13)12-10(4)18-19-11(12)5/h6-7H2,1-5H3,(H,15,16,17). The fraction of sp³-hybridized carbons (Fsp3) is 0.500. The van der Waals surface area contributed by atoms with Gasteiger partial charge in [0.1, 0.15) is 11.6 Å². The lowest BCUT2D eigenvalue weighted by atomic mass is 10.1. The molecule has 0 unspecified atom stereocenters. The number of aromatic nitrogens is 3. The number of hydrogen-bond donors (Lipinski definition) is 1. The summed E-state index contributed by atoms with van der Waals surface area (Å²) in [6, 6.07) is 0. The summed E-state index contributed by atoms with van der Waals surface area (Å²) in [5, 5.41) is 7.30. The molecule has 0 aromatic carbocycles. The SMILES string of the molecule is CCCNc1nc(-c2c(C)noc2C)nc(C)c1C. The lowest BCUT2D eigenvalue weighted by Crippen LogP contribution is -2.07. The molecule has 2 heterocycles. The smallest absolute Gasteiger partial charge is 0.167 e. The van der Waals surface area contributed by atoms with Gasteiger partial charge < -0.3 is 9.84 Å². The number of anilines is 1. The maximum atomic E-state index is 5.19. The van der Waals surface area contributed by atoms with Crippen LogP contribution in [0, 0.1) is 27.7 Å². The van der Waals surface area contributed by atoms with Crippen LogP contribution in [-0.4, -0.2) is 21.7 Å². The van der Waals surface area contributed by atoms with Crippen molar-refractivity contribution >= 4 is 5.82 Å². The highest BCUT2D eigenvalue weighted by Crippen LogP contribution is 2.26. The summed E-state index contributed by atoms with van der Waals surface area (Å²) in [6.45, 7) is 10.8. The van der Waals surface area contributed by atoms with Gasteiger partial charge >= 0.3 is 0 Å². The van der Waals surface area contributed by atoms with Gasteiger partial charge in [-0.15, -0.1) is 0 Å². The molecule has 1 N–H and O–H groups in total. The van der Waals surface area contributed by atoms with Gasteiger partial charge in [0, 0.05) is 17.8 Å². The molecule has 0 saturated heterocycles. The Morgan fingerprint density at radius 3 is 2.37 bits per heavy atom. The van der Waals surface area contributed by atoms with E-state index in [1.807, 2.05) is 27.7 Å². The van der Waals surface area contributed by atoms with Crippen LogP contribution in [0.25, 0.3) is 11.4 Å². The first-order chi connectivity index (χ1) is 9.04. The van der Waals surface area contributed by atoms with Gasteiger partial charge in [-0.25, -0.2) is 9.97 Å². The van der Waals surface area contributed by atoms with Crippen LogP contribution >= 0.6 is 0 Å². The van der Waals surface area contributed by atoms with Crippen molar-refractivity contribution in [2.24, 2.45) is 0 Å². The Morgan fingerprint density at radius 2 is 1.79 bits per heavy atom. The van der Waals surface area contributed by atoms with E-state index in [2.05, 4.69) is 27.4 Å². The molecule has 0 atom stereocenters. The molecule has 2 rings (SSSR count). The average Bonchev–Trinajstić information content (AvgIpc) is 2.71. The molecule has 0 aliphatic carbocycles. The van der Waals surface area contributed by atoms with Gasteiger partial charge in [0.05, 0.1) is 11.3 Å². The number of nitrogens with zero attached hydrogens (tertiary/aromatic N) is 3. The molecule has 0 fully saturated rings. The summed E-state index contributed by atoms with van der Waals surface area (Å²) >= 11 is 0. The first-order valence-electron chi connectivity index (χ1n) is 6.57. The third-order valence-corrected chi connectivity index (χ3v) is 3.19. The van der Waals surface area contributed by atoms with Gasteiger partial charge in [-0.05, 0) is 34.1 Å². The molecule has 102 valence electrons. The second-order valence-corrected chi connectivity index (χ2v) is 4.73. The molecule has 0 aliphatic heterocycles. The van der Waals surface area contributed by atoms with Crippen LogP contribution in [0.3, 0.4) is 0 Å². The van der Waals surface area contributed by atoms with Crippen molar-refractivity contribution in [3.63, 3.8) is 0 Å². The molecule has 5 heteroatoms. The first kappa shape index (κ1) is 13.5. The second kappa shape index (κ2) is 5.38. The van der Waals surface area contributed by atoms with Crippen molar-refractivity contribution < 1.29 is 4.52 Å². The predicted molar refractivity (Wildman–Crippen MR) is 75.3 cm³/mol. The van der Waals surface area contributed by atoms with Gasteiger partial charge in [-0.2, -0.15) is 0 Å². The van der Waals surface area contributed by atoms with E-state index in [1.165, 1.54) is 0 Å². The zero-order chi connectivity index (χ0) is 14.0. The normalized spacial score (nSPS) is 10.8. The van der Waals surface area contributed by atoms with Crippen LogP contribution in [0.5, 0.6) is 0 Å². The molecule has 0 radical (unpaired) electrons. The maximum Gasteiger partial charge on any atom is 0.167 e. The Balaban J connectivity index is 2.50. The summed E-state index contributed by atoms with van der Waals surface area (Å²) in [4.78, 5) is 9.17. The van der Waals surface area contributed by atoms with Crippen LogP contribution in [0.1, 0.15) is 36.1 Å². The van der Waals surface area contributed by atoms with E-state index in [-0.39, 0.29) is 0 Å². The van der Waals surface area contributed by atoms with Crippen LogP contribution in [0.4, 0.5) is 5.82 Å². The third-order valence-electron chi connectivity index (χ3n) is 3.19. The van der Waals surface area contributed by atoms with E-state index >= 15 is 0 Å². The van der Waals surface area contributed by atoms with Crippen molar-refractivity contribution in [1.29, 1.82) is 0 Å². The lowest BCUT2D eigenvalue weighted by Gasteiger charge is -2.11. The minimum absolute atomic E-state index is 0.679. The van der Waals surface area contributed by atoms with Gasteiger partial charge in [0.25, 0.3) is 0 Å². The summed E-state index contributed by atoms with van der Waals surface area (Å²) in [5.41, 5.74) is 3.78. The molecule has 0 spiro atoms. The van der Waals surface area contributed by atoms with E-state index in [1.54, 1.807) is 0 Å². The Labute approximate surface area is 113 Å². The lowest BCUT2D eigenvalue weighted by molar-refractivity contribution is 0.393. The first-order valence-corrected chi connectivity index (χ1v) is 6.57. The zero-order valence-corrected chi connectivity index (χ0v) is 12.2. The average molecular weight is 260 g/mol. The summed E-state index contributed by atoms with van der Waals surface area (Å²) in [5.74, 6) is 2.32. The summed E-state index contributed by atoms with van der Waals surface area (Å²) < 4.78 is 5.19. The summed E-state index contributed by atoms with van der Waals surface area (Å²) in [7, 11) is 0. The zero-order valence-electron chi connectivity index (χ0n) is 12.2.